The zero-order valence-electron chi connectivity index (χ0n) is 12.8. The van der Waals surface area contributed by atoms with E-state index in [1.807, 2.05) is 0 Å². The molecule has 0 spiro atoms. The van der Waals surface area contributed by atoms with E-state index in [-0.39, 0.29) is 24.5 Å². The van der Waals surface area contributed by atoms with Crippen LogP contribution in [-0.2, 0) is 14.8 Å². The molecule has 1 aromatic rings. The molecule has 1 saturated heterocycles. The van der Waals surface area contributed by atoms with Gasteiger partial charge >= 0.3 is 0 Å². The van der Waals surface area contributed by atoms with Crippen molar-refractivity contribution in [2.45, 2.75) is 6.04 Å². The van der Waals surface area contributed by atoms with Crippen LogP contribution in [-0.4, -0.2) is 62.8 Å². The molecule has 0 radical (unpaired) electrons. The molecule has 2 atom stereocenters. The SMILES string of the molecule is CN(C)S(=O)(=O)C[C@@H]1COC[C@@H]1NC(=O)c1cccc(F)c1O. The minimum Gasteiger partial charge on any atom is -0.504 e. The lowest BCUT2D eigenvalue weighted by Crippen LogP contribution is -2.43. The van der Waals surface area contributed by atoms with Crippen LogP contribution in [0.2, 0.25) is 0 Å². The number of phenolic OH excluding ortho intramolecular Hbond substituents is 1. The lowest BCUT2D eigenvalue weighted by molar-refractivity contribution is 0.0922. The molecule has 1 aliphatic rings. The summed E-state index contributed by atoms with van der Waals surface area (Å²) in [6.45, 7) is 0.364. The molecule has 2 rings (SSSR count). The molecule has 0 aliphatic carbocycles. The molecule has 7 nitrogen and oxygen atoms in total. The highest BCUT2D eigenvalue weighted by Gasteiger charge is 2.34. The lowest BCUT2D eigenvalue weighted by Gasteiger charge is -2.21. The summed E-state index contributed by atoms with van der Waals surface area (Å²) < 4.78 is 43.6. The number of nitrogens with zero attached hydrogens (tertiary/aromatic N) is 1. The molecule has 2 N–H and O–H groups in total. The number of hydrogen-bond acceptors (Lipinski definition) is 5. The van der Waals surface area contributed by atoms with Crippen LogP contribution in [0.3, 0.4) is 0 Å². The molecule has 128 valence electrons. The first-order chi connectivity index (χ1) is 10.7. The molecule has 0 unspecified atom stereocenters. The van der Waals surface area contributed by atoms with Crippen LogP contribution in [0.15, 0.2) is 18.2 Å². The second kappa shape index (κ2) is 6.81. The highest BCUT2D eigenvalue weighted by molar-refractivity contribution is 7.89. The van der Waals surface area contributed by atoms with Crippen molar-refractivity contribution in [3.8, 4) is 5.75 Å². The number of para-hydroxylation sites is 1. The Hall–Kier alpha value is -1.71. The van der Waals surface area contributed by atoms with Crippen LogP contribution in [0.5, 0.6) is 5.75 Å². The summed E-state index contributed by atoms with van der Waals surface area (Å²) in [4.78, 5) is 12.2. The first kappa shape index (κ1) is 17.6. The van der Waals surface area contributed by atoms with Gasteiger partial charge in [-0.2, -0.15) is 0 Å². The first-order valence-electron chi connectivity index (χ1n) is 6.98. The van der Waals surface area contributed by atoms with Crippen LogP contribution >= 0.6 is 0 Å². The van der Waals surface area contributed by atoms with Gasteiger partial charge in [0.1, 0.15) is 0 Å². The molecular formula is C14H19FN2O5S. The van der Waals surface area contributed by atoms with E-state index in [1.54, 1.807) is 0 Å². The highest BCUT2D eigenvalue weighted by Crippen LogP contribution is 2.22. The maximum Gasteiger partial charge on any atom is 0.255 e. The molecular weight excluding hydrogens is 327 g/mol. The number of ether oxygens (including phenoxy) is 1. The number of benzene rings is 1. The average Bonchev–Trinajstić information content (AvgIpc) is 2.88. The van der Waals surface area contributed by atoms with Gasteiger partial charge in [-0.05, 0) is 12.1 Å². The fraction of sp³-hybridized carbons (Fsp3) is 0.500. The lowest BCUT2D eigenvalue weighted by atomic mass is 10.1. The zero-order chi connectivity index (χ0) is 17.2. The van der Waals surface area contributed by atoms with Crippen molar-refractivity contribution in [1.82, 2.24) is 9.62 Å². The van der Waals surface area contributed by atoms with Crippen molar-refractivity contribution < 1.29 is 27.4 Å². The molecule has 1 heterocycles. The third-order valence-electron chi connectivity index (χ3n) is 3.73. The van der Waals surface area contributed by atoms with Gasteiger partial charge in [0.05, 0.1) is 30.6 Å². The second-order valence-electron chi connectivity index (χ2n) is 5.57. The molecule has 23 heavy (non-hydrogen) atoms. The Kier molecular flexibility index (Phi) is 5.23. The Bertz CT molecular complexity index is 692. The Labute approximate surface area is 134 Å². The fourth-order valence-electron chi connectivity index (χ4n) is 2.29. The second-order valence-corrected chi connectivity index (χ2v) is 7.80. The summed E-state index contributed by atoms with van der Waals surface area (Å²) in [6.07, 6.45) is 0. The Balaban J connectivity index is 2.09. The molecule has 0 saturated carbocycles. The number of halogens is 1. The maximum atomic E-state index is 13.3. The van der Waals surface area contributed by atoms with Crippen LogP contribution in [0.25, 0.3) is 0 Å². The van der Waals surface area contributed by atoms with Crippen LogP contribution in [0.1, 0.15) is 10.4 Å². The summed E-state index contributed by atoms with van der Waals surface area (Å²) in [5.74, 6) is -2.89. The molecule has 0 bridgehead atoms. The fourth-order valence-corrected chi connectivity index (χ4v) is 3.45. The number of phenols is 1. The van der Waals surface area contributed by atoms with E-state index >= 15 is 0 Å². The molecule has 1 aromatic carbocycles. The van der Waals surface area contributed by atoms with E-state index in [2.05, 4.69) is 5.32 Å². The number of sulfonamides is 1. The molecule has 1 aliphatic heterocycles. The van der Waals surface area contributed by atoms with Crippen molar-refractivity contribution in [3.05, 3.63) is 29.6 Å². The first-order valence-corrected chi connectivity index (χ1v) is 8.59. The van der Waals surface area contributed by atoms with E-state index in [1.165, 1.54) is 26.2 Å². The number of carbonyl (C=O) groups is 1. The van der Waals surface area contributed by atoms with E-state index < -0.39 is 39.5 Å². The van der Waals surface area contributed by atoms with Gasteiger partial charge < -0.3 is 15.2 Å². The monoisotopic (exact) mass is 346 g/mol. The third kappa shape index (κ3) is 3.98. The largest absolute Gasteiger partial charge is 0.504 e. The van der Waals surface area contributed by atoms with Crippen LogP contribution in [0, 0.1) is 11.7 Å². The highest BCUT2D eigenvalue weighted by atomic mass is 32.2. The number of carbonyl (C=O) groups excluding carboxylic acids is 1. The van der Waals surface area contributed by atoms with Crippen molar-refractivity contribution in [2.24, 2.45) is 5.92 Å². The number of nitrogens with one attached hydrogen (secondary N) is 1. The van der Waals surface area contributed by atoms with Crippen molar-refractivity contribution in [1.29, 1.82) is 0 Å². The molecule has 9 heteroatoms. The summed E-state index contributed by atoms with van der Waals surface area (Å²) in [7, 11) is -0.569. The van der Waals surface area contributed by atoms with E-state index in [4.69, 9.17) is 4.74 Å². The minimum atomic E-state index is -3.44. The molecule has 0 aromatic heterocycles. The van der Waals surface area contributed by atoms with E-state index in [9.17, 15) is 22.7 Å². The number of hydrogen-bond donors (Lipinski definition) is 2. The van der Waals surface area contributed by atoms with Gasteiger partial charge in [0.25, 0.3) is 5.91 Å². The van der Waals surface area contributed by atoms with Crippen molar-refractivity contribution in [3.63, 3.8) is 0 Å². The Morgan fingerprint density at radius 2 is 2.13 bits per heavy atom. The van der Waals surface area contributed by atoms with Gasteiger partial charge in [0.15, 0.2) is 11.6 Å². The normalized spacial score (nSPS) is 21.6. The standard InChI is InChI=1S/C14H19FN2O5S/c1-17(2)23(20,21)8-9-6-22-7-12(9)16-14(19)10-4-3-5-11(15)13(10)18/h3-5,9,12,18H,6-8H2,1-2H3,(H,16,19)/t9-,12-/m0/s1. The van der Waals surface area contributed by atoms with Crippen LogP contribution < -0.4 is 5.32 Å². The Morgan fingerprint density at radius 3 is 2.78 bits per heavy atom. The van der Waals surface area contributed by atoms with Crippen molar-refractivity contribution >= 4 is 15.9 Å². The van der Waals surface area contributed by atoms with Crippen LogP contribution in [0.4, 0.5) is 4.39 Å². The molecule has 1 fully saturated rings. The smallest absolute Gasteiger partial charge is 0.255 e. The summed E-state index contributed by atoms with van der Waals surface area (Å²) in [6, 6.07) is 3.11. The quantitative estimate of drug-likeness (QED) is 0.792. The van der Waals surface area contributed by atoms with Gasteiger partial charge in [-0.25, -0.2) is 17.1 Å². The van der Waals surface area contributed by atoms with Gasteiger partial charge in [0, 0.05) is 20.0 Å². The van der Waals surface area contributed by atoms with E-state index in [0.717, 1.165) is 10.4 Å². The third-order valence-corrected chi connectivity index (χ3v) is 5.69. The average molecular weight is 346 g/mol. The predicted octanol–water partition coefficient (Wildman–Crippen LogP) is 0.168. The minimum absolute atomic E-state index is 0.162. The number of aromatic hydroxyl groups is 1. The number of rotatable bonds is 5. The summed E-state index contributed by atoms with van der Waals surface area (Å²) >= 11 is 0. The predicted molar refractivity (Wildman–Crippen MR) is 81.1 cm³/mol. The van der Waals surface area contributed by atoms with Crippen molar-refractivity contribution in [2.75, 3.05) is 33.1 Å². The molecule has 1 amide bonds. The van der Waals surface area contributed by atoms with Gasteiger partial charge in [-0.1, -0.05) is 6.07 Å². The maximum absolute atomic E-state index is 13.3. The number of amides is 1. The summed E-state index contributed by atoms with van der Waals surface area (Å²) in [5.41, 5.74) is -0.203. The van der Waals surface area contributed by atoms with Gasteiger partial charge in [0.2, 0.25) is 10.0 Å². The topological polar surface area (TPSA) is 95.9 Å². The zero-order valence-corrected chi connectivity index (χ0v) is 13.6. The summed E-state index contributed by atoms with van der Waals surface area (Å²) in [5, 5.41) is 12.2. The Morgan fingerprint density at radius 1 is 1.43 bits per heavy atom. The van der Waals surface area contributed by atoms with Gasteiger partial charge in [-0.3, -0.25) is 4.79 Å². The van der Waals surface area contributed by atoms with Gasteiger partial charge in [-0.15, -0.1) is 0 Å². The van der Waals surface area contributed by atoms with E-state index in [0.29, 0.717) is 0 Å².